The SMILES string of the molecule is COc1cc(CCc2ccc(OC(=O)N(C)C)cc2)cc(OC)c1. The first-order chi connectivity index (χ1) is 11.5. The first-order valence-electron chi connectivity index (χ1n) is 7.72. The first kappa shape index (κ1) is 17.7. The zero-order valence-corrected chi connectivity index (χ0v) is 14.5. The van der Waals surface area contributed by atoms with Gasteiger partial charge < -0.3 is 19.1 Å². The molecule has 0 saturated carbocycles. The molecule has 24 heavy (non-hydrogen) atoms. The minimum Gasteiger partial charge on any atom is -0.497 e. The van der Waals surface area contributed by atoms with Crippen molar-refractivity contribution in [2.45, 2.75) is 12.8 Å². The van der Waals surface area contributed by atoms with Crippen LogP contribution in [0.15, 0.2) is 42.5 Å². The number of amides is 1. The second-order valence-electron chi connectivity index (χ2n) is 5.63. The third-order valence-corrected chi connectivity index (χ3v) is 3.61. The summed E-state index contributed by atoms with van der Waals surface area (Å²) in [6.07, 6.45) is 1.36. The Labute approximate surface area is 142 Å². The van der Waals surface area contributed by atoms with Crippen molar-refractivity contribution in [3.8, 4) is 17.2 Å². The van der Waals surface area contributed by atoms with Gasteiger partial charge in [-0.3, -0.25) is 0 Å². The van der Waals surface area contributed by atoms with E-state index in [0.717, 1.165) is 29.9 Å². The number of hydrogen-bond acceptors (Lipinski definition) is 4. The maximum atomic E-state index is 11.5. The minimum atomic E-state index is -0.383. The molecule has 0 aliphatic carbocycles. The molecule has 0 saturated heterocycles. The number of nitrogens with zero attached hydrogens (tertiary/aromatic N) is 1. The van der Waals surface area contributed by atoms with Crippen molar-refractivity contribution in [3.05, 3.63) is 53.6 Å². The van der Waals surface area contributed by atoms with Gasteiger partial charge in [-0.1, -0.05) is 12.1 Å². The molecule has 0 unspecified atom stereocenters. The highest BCUT2D eigenvalue weighted by molar-refractivity contribution is 5.69. The Bertz CT molecular complexity index is 658. The van der Waals surface area contributed by atoms with Crippen molar-refractivity contribution in [3.63, 3.8) is 0 Å². The van der Waals surface area contributed by atoms with Gasteiger partial charge in [-0.2, -0.15) is 0 Å². The smallest absolute Gasteiger partial charge is 0.414 e. The van der Waals surface area contributed by atoms with Crippen molar-refractivity contribution in [1.29, 1.82) is 0 Å². The molecule has 0 N–H and O–H groups in total. The first-order valence-corrected chi connectivity index (χ1v) is 7.72. The van der Waals surface area contributed by atoms with Crippen LogP contribution in [0.5, 0.6) is 17.2 Å². The molecule has 5 heteroatoms. The maximum Gasteiger partial charge on any atom is 0.414 e. The highest BCUT2D eigenvalue weighted by atomic mass is 16.6. The quantitative estimate of drug-likeness (QED) is 0.813. The van der Waals surface area contributed by atoms with Gasteiger partial charge in [0.1, 0.15) is 17.2 Å². The van der Waals surface area contributed by atoms with Crippen molar-refractivity contribution < 1.29 is 19.0 Å². The van der Waals surface area contributed by atoms with E-state index in [-0.39, 0.29) is 6.09 Å². The number of carbonyl (C=O) groups excluding carboxylic acids is 1. The van der Waals surface area contributed by atoms with Crippen molar-refractivity contribution in [2.24, 2.45) is 0 Å². The van der Waals surface area contributed by atoms with Gasteiger partial charge in [-0.05, 0) is 48.2 Å². The molecule has 0 heterocycles. The van der Waals surface area contributed by atoms with E-state index in [0.29, 0.717) is 5.75 Å². The Balaban J connectivity index is 1.98. The van der Waals surface area contributed by atoms with Crippen LogP contribution >= 0.6 is 0 Å². The summed E-state index contributed by atoms with van der Waals surface area (Å²) in [7, 11) is 6.59. The largest absolute Gasteiger partial charge is 0.497 e. The molecule has 2 rings (SSSR count). The third-order valence-electron chi connectivity index (χ3n) is 3.61. The van der Waals surface area contributed by atoms with E-state index in [1.165, 1.54) is 10.5 Å². The fraction of sp³-hybridized carbons (Fsp3) is 0.316. The van der Waals surface area contributed by atoms with Crippen molar-refractivity contribution >= 4 is 6.09 Å². The van der Waals surface area contributed by atoms with Crippen LogP contribution in [0.1, 0.15) is 11.1 Å². The molecule has 0 aromatic heterocycles. The molecule has 128 valence electrons. The summed E-state index contributed by atoms with van der Waals surface area (Å²) in [4.78, 5) is 12.9. The predicted molar refractivity (Wildman–Crippen MR) is 93.1 cm³/mol. The fourth-order valence-electron chi connectivity index (χ4n) is 2.22. The van der Waals surface area contributed by atoms with E-state index < -0.39 is 0 Å². The fourth-order valence-corrected chi connectivity index (χ4v) is 2.22. The van der Waals surface area contributed by atoms with E-state index >= 15 is 0 Å². The number of hydrogen-bond donors (Lipinski definition) is 0. The summed E-state index contributed by atoms with van der Waals surface area (Å²) in [5.41, 5.74) is 2.32. The molecular formula is C19H23NO4. The van der Waals surface area contributed by atoms with Crippen LogP contribution in [0.25, 0.3) is 0 Å². The lowest BCUT2D eigenvalue weighted by Gasteiger charge is -2.11. The summed E-state index contributed by atoms with van der Waals surface area (Å²) in [6.45, 7) is 0. The summed E-state index contributed by atoms with van der Waals surface area (Å²) in [6, 6.07) is 13.4. The molecule has 0 aliphatic heterocycles. The maximum absolute atomic E-state index is 11.5. The van der Waals surface area contributed by atoms with Gasteiger partial charge in [0.15, 0.2) is 0 Å². The van der Waals surface area contributed by atoms with Crippen LogP contribution < -0.4 is 14.2 Å². The van der Waals surface area contributed by atoms with Crippen LogP contribution in [0.2, 0.25) is 0 Å². The van der Waals surface area contributed by atoms with Gasteiger partial charge >= 0.3 is 6.09 Å². The topological polar surface area (TPSA) is 48.0 Å². The van der Waals surface area contributed by atoms with Gasteiger partial charge in [0.25, 0.3) is 0 Å². The molecule has 5 nitrogen and oxygen atoms in total. The Hall–Kier alpha value is -2.69. The second kappa shape index (κ2) is 8.24. The normalized spacial score (nSPS) is 10.2. The lowest BCUT2D eigenvalue weighted by molar-refractivity contribution is 0.172. The van der Waals surface area contributed by atoms with Gasteiger partial charge in [0.05, 0.1) is 14.2 Å². The predicted octanol–water partition coefficient (Wildman–Crippen LogP) is 3.55. The third kappa shape index (κ3) is 4.91. The summed E-state index contributed by atoms with van der Waals surface area (Å²) in [5.74, 6) is 2.12. The lowest BCUT2D eigenvalue weighted by atomic mass is 10.0. The summed E-state index contributed by atoms with van der Waals surface area (Å²) < 4.78 is 15.8. The van der Waals surface area contributed by atoms with Crippen LogP contribution in [-0.4, -0.2) is 39.3 Å². The molecule has 2 aromatic rings. The van der Waals surface area contributed by atoms with Gasteiger partial charge in [0, 0.05) is 20.2 Å². The van der Waals surface area contributed by atoms with E-state index in [1.807, 2.05) is 42.5 Å². The van der Waals surface area contributed by atoms with Crippen LogP contribution in [0.3, 0.4) is 0 Å². The summed E-state index contributed by atoms with van der Waals surface area (Å²) in [5, 5.41) is 0. The van der Waals surface area contributed by atoms with Gasteiger partial charge in [-0.25, -0.2) is 4.79 Å². The average Bonchev–Trinajstić information content (AvgIpc) is 2.60. The number of benzene rings is 2. The van der Waals surface area contributed by atoms with E-state index in [1.54, 1.807) is 28.3 Å². The molecule has 0 bridgehead atoms. The Morgan fingerprint density at radius 1 is 0.833 bits per heavy atom. The van der Waals surface area contributed by atoms with E-state index in [4.69, 9.17) is 14.2 Å². The zero-order chi connectivity index (χ0) is 17.5. The molecular weight excluding hydrogens is 306 g/mol. The van der Waals surface area contributed by atoms with Gasteiger partial charge in [0.2, 0.25) is 0 Å². The van der Waals surface area contributed by atoms with E-state index in [2.05, 4.69) is 0 Å². The van der Waals surface area contributed by atoms with Crippen molar-refractivity contribution in [2.75, 3.05) is 28.3 Å². The monoisotopic (exact) mass is 329 g/mol. The Kier molecular flexibility index (Phi) is 6.07. The Morgan fingerprint density at radius 3 is 1.88 bits per heavy atom. The number of ether oxygens (including phenoxy) is 3. The van der Waals surface area contributed by atoms with Crippen LogP contribution in [0, 0.1) is 0 Å². The molecule has 0 aliphatic rings. The minimum absolute atomic E-state index is 0.383. The Morgan fingerprint density at radius 2 is 1.38 bits per heavy atom. The molecule has 1 amide bonds. The molecule has 0 atom stereocenters. The standard InChI is InChI=1S/C19H23NO4/c1-20(2)19(21)24-16-9-7-14(8-10-16)5-6-15-11-17(22-3)13-18(12-15)23-4/h7-13H,5-6H2,1-4H3. The number of rotatable bonds is 6. The molecule has 2 aromatic carbocycles. The molecule has 0 fully saturated rings. The molecule has 0 spiro atoms. The second-order valence-corrected chi connectivity index (χ2v) is 5.63. The number of aryl methyl sites for hydroxylation is 2. The van der Waals surface area contributed by atoms with Crippen LogP contribution in [0.4, 0.5) is 4.79 Å². The average molecular weight is 329 g/mol. The number of carbonyl (C=O) groups is 1. The lowest BCUT2D eigenvalue weighted by Crippen LogP contribution is -2.25. The number of methoxy groups -OCH3 is 2. The highest BCUT2D eigenvalue weighted by Crippen LogP contribution is 2.23. The summed E-state index contributed by atoms with van der Waals surface area (Å²) >= 11 is 0. The van der Waals surface area contributed by atoms with Crippen molar-refractivity contribution in [1.82, 2.24) is 4.90 Å². The van der Waals surface area contributed by atoms with Gasteiger partial charge in [-0.15, -0.1) is 0 Å². The van der Waals surface area contributed by atoms with E-state index in [9.17, 15) is 4.79 Å². The highest BCUT2D eigenvalue weighted by Gasteiger charge is 2.07. The molecule has 0 radical (unpaired) electrons. The van der Waals surface area contributed by atoms with Crippen LogP contribution in [-0.2, 0) is 12.8 Å². The zero-order valence-electron chi connectivity index (χ0n) is 14.5.